The van der Waals surface area contributed by atoms with Crippen molar-refractivity contribution in [1.29, 1.82) is 0 Å². The summed E-state index contributed by atoms with van der Waals surface area (Å²) in [7, 11) is 0. The van der Waals surface area contributed by atoms with Crippen molar-refractivity contribution in [1.82, 2.24) is 18.5 Å². The number of para-hydroxylation sites is 3. The van der Waals surface area contributed by atoms with Gasteiger partial charge in [-0.05, 0) is 77.5 Å². The fourth-order valence-electron chi connectivity index (χ4n) is 8.80. The lowest BCUT2D eigenvalue weighted by Gasteiger charge is -2.12. The molecule has 0 saturated heterocycles. The molecule has 0 aliphatic heterocycles. The maximum atomic E-state index is 4.87. The molecule has 12 rings (SSSR count). The summed E-state index contributed by atoms with van der Waals surface area (Å²) in [4.78, 5) is 4.87. The lowest BCUT2D eigenvalue weighted by Crippen LogP contribution is -1.99. The van der Waals surface area contributed by atoms with E-state index in [1.807, 2.05) is 12.3 Å². The Morgan fingerprint density at radius 1 is 0.367 bits per heavy atom. The quantitative estimate of drug-likeness (QED) is 0.188. The SMILES string of the molecule is c1cc(-n2c3ccccc3c3c4c5cc6ccccc6cc5n5c6ccccc6c(cc32)c45)cc(-n2c3ccccc3c3cccnc32)c1. The van der Waals surface area contributed by atoms with Gasteiger partial charge in [-0.3, -0.25) is 4.57 Å². The van der Waals surface area contributed by atoms with Gasteiger partial charge >= 0.3 is 0 Å². The van der Waals surface area contributed by atoms with E-state index in [9.17, 15) is 0 Å². The maximum absolute atomic E-state index is 4.87. The van der Waals surface area contributed by atoms with Crippen LogP contribution in [0.5, 0.6) is 0 Å². The molecule has 226 valence electrons. The van der Waals surface area contributed by atoms with Gasteiger partial charge in [-0.2, -0.15) is 0 Å². The maximum Gasteiger partial charge on any atom is 0.145 e. The van der Waals surface area contributed by atoms with E-state index >= 15 is 0 Å². The van der Waals surface area contributed by atoms with Gasteiger partial charge in [0, 0.05) is 60.7 Å². The molecule has 0 bridgehead atoms. The number of aromatic nitrogens is 4. The molecule has 0 amide bonds. The van der Waals surface area contributed by atoms with Gasteiger partial charge in [0.05, 0.1) is 33.1 Å². The Kier molecular flexibility index (Phi) is 4.69. The average Bonchev–Trinajstić information content (AvgIpc) is 3.87. The number of benzene rings is 7. The topological polar surface area (TPSA) is 27.2 Å². The van der Waals surface area contributed by atoms with Crippen LogP contribution in [-0.2, 0) is 0 Å². The summed E-state index contributed by atoms with van der Waals surface area (Å²) >= 11 is 0. The molecule has 7 aromatic carbocycles. The number of fused-ring (bicyclic) bond motifs is 14. The molecule has 4 nitrogen and oxygen atoms in total. The molecule has 0 radical (unpaired) electrons. The Balaban J connectivity index is 1.25. The van der Waals surface area contributed by atoms with Gasteiger partial charge in [-0.15, -0.1) is 0 Å². The molecule has 0 aliphatic rings. The van der Waals surface area contributed by atoms with Crippen molar-refractivity contribution < 1.29 is 0 Å². The van der Waals surface area contributed by atoms with Crippen LogP contribution in [-0.4, -0.2) is 18.5 Å². The molecule has 5 heterocycles. The third-order valence-corrected chi connectivity index (χ3v) is 10.7. The monoisotopic (exact) mass is 622 g/mol. The highest BCUT2D eigenvalue weighted by atomic mass is 15.1. The highest BCUT2D eigenvalue weighted by Crippen LogP contribution is 2.47. The van der Waals surface area contributed by atoms with Gasteiger partial charge in [-0.25, -0.2) is 4.98 Å². The van der Waals surface area contributed by atoms with E-state index in [0.29, 0.717) is 0 Å². The summed E-state index contributed by atoms with van der Waals surface area (Å²) in [5, 5.41) is 12.6. The lowest BCUT2D eigenvalue weighted by atomic mass is 10.0. The average molecular weight is 623 g/mol. The summed E-state index contributed by atoms with van der Waals surface area (Å²) in [5.41, 5.74) is 10.5. The first-order valence-electron chi connectivity index (χ1n) is 16.8. The predicted octanol–water partition coefficient (Wildman–Crippen LogP) is 11.6. The zero-order chi connectivity index (χ0) is 31.8. The Bertz CT molecular complexity index is 3280. The molecule has 0 unspecified atom stereocenters. The normalized spacial score (nSPS) is 12.5. The Hall–Kier alpha value is -6.65. The Morgan fingerprint density at radius 3 is 1.82 bits per heavy atom. The molecule has 0 aliphatic carbocycles. The zero-order valence-electron chi connectivity index (χ0n) is 26.3. The largest absolute Gasteiger partial charge is 0.309 e. The van der Waals surface area contributed by atoms with Crippen molar-refractivity contribution >= 4 is 92.6 Å². The molecule has 0 saturated carbocycles. The number of hydrogen-bond donors (Lipinski definition) is 0. The highest BCUT2D eigenvalue weighted by molar-refractivity contribution is 6.36. The van der Waals surface area contributed by atoms with Crippen LogP contribution in [0, 0.1) is 0 Å². The van der Waals surface area contributed by atoms with Crippen LogP contribution in [0.25, 0.3) is 104 Å². The van der Waals surface area contributed by atoms with Gasteiger partial charge in [0.2, 0.25) is 0 Å². The smallest absolute Gasteiger partial charge is 0.145 e. The van der Waals surface area contributed by atoms with Gasteiger partial charge in [0.25, 0.3) is 0 Å². The van der Waals surface area contributed by atoms with Crippen molar-refractivity contribution in [3.05, 3.63) is 158 Å². The minimum Gasteiger partial charge on any atom is -0.309 e. The first-order chi connectivity index (χ1) is 24.3. The van der Waals surface area contributed by atoms with Gasteiger partial charge in [0.1, 0.15) is 5.65 Å². The fraction of sp³-hybridized carbons (Fsp3) is 0. The Morgan fingerprint density at radius 2 is 1.00 bits per heavy atom. The minimum absolute atomic E-state index is 0.967. The fourth-order valence-corrected chi connectivity index (χ4v) is 8.80. The Labute approximate surface area is 279 Å². The number of nitrogens with zero attached hydrogens (tertiary/aromatic N) is 4. The summed E-state index contributed by atoms with van der Waals surface area (Å²) < 4.78 is 7.27. The number of hydrogen-bond acceptors (Lipinski definition) is 1. The third-order valence-electron chi connectivity index (χ3n) is 10.7. The minimum atomic E-state index is 0.967. The van der Waals surface area contributed by atoms with Crippen molar-refractivity contribution in [3.63, 3.8) is 0 Å². The van der Waals surface area contributed by atoms with E-state index in [-0.39, 0.29) is 0 Å². The number of rotatable bonds is 2. The second-order valence-corrected chi connectivity index (χ2v) is 13.2. The van der Waals surface area contributed by atoms with E-state index in [0.717, 1.165) is 27.9 Å². The van der Waals surface area contributed by atoms with Crippen LogP contribution >= 0.6 is 0 Å². The van der Waals surface area contributed by atoms with Crippen LogP contribution < -0.4 is 0 Å². The second-order valence-electron chi connectivity index (χ2n) is 13.2. The standard InChI is InChI=1S/C45H26N4/c1-2-12-28-24-40-36(23-27(28)11-1)43-42-34-17-5-8-21-39(34)47(41(42)26-35-32-16-4-7-20-38(32)49(40)44(35)43)29-13-9-14-30(25-29)48-37-19-6-3-15-31(37)33-18-10-22-46-45(33)48/h1-26H. The van der Waals surface area contributed by atoms with Gasteiger partial charge in [0.15, 0.2) is 0 Å². The van der Waals surface area contributed by atoms with Crippen molar-refractivity contribution in [2.24, 2.45) is 0 Å². The third kappa shape index (κ3) is 3.16. The predicted molar refractivity (Wildman–Crippen MR) is 205 cm³/mol. The molecule has 0 spiro atoms. The van der Waals surface area contributed by atoms with Crippen molar-refractivity contribution in [2.75, 3.05) is 0 Å². The zero-order valence-corrected chi connectivity index (χ0v) is 26.3. The van der Waals surface area contributed by atoms with Gasteiger partial charge < -0.3 is 8.97 Å². The molecule has 0 atom stereocenters. The summed E-state index contributed by atoms with van der Waals surface area (Å²) in [6.07, 6.45) is 1.89. The van der Waals surface area contributed by atoms with E-state index in [1.165, 1.54) is 76.1 Å². The summed E-state index contributed by atoms with van der Waals surface area (Å²) in [6, 6.07) is 55.5. The molecular weight excluding hydrogens is 597 g/mol. The van der Waals surface area contributed by atoms with E-state index < -0.39 is 0 Å². The van der Waals surface area contributed by atoms with Crippen LogP contribution in [0.2, 0.25) is 0 Å². The molecule has 4 heteroatoms. The van der Waals surface area contributed by atoms with Crippen molar-refractivity contribution in [2.45, 2.75) is 0 Å². The molecule has 49 heavy (non-hydrogen) atoms. The van der Waals surface area contributed by atoms with Crippen molar-refractivity contribution in [3.8, 4) is 11.4 Å². The molecular formula is C45H26N4. The first kappa shape index (κ1) is 25.4. The summed E-state index contributed by atoms with van der Waals surface area (Å²) in [6.45, 7) is 0. The molecule has 0 N–H and O–H groups in total. The van der Waals surface area contributed by atoms with Crippen LogP contribution in [0.15, 0.2) is 158 Å². The second kappa shape index (κ2) is 9.03. The lowest BCUT2D eigenvalue weighted by molar-refractivity contribution is 1.11. The molecule has 0 fully saturated rings. The summed E-state index contributed by atoms with van der Waals surface area (Å²) in [5.74, 6) is 0. The van der Waals surface area contributed by atoms with Gasteiger partial charge in [-0.1, -0.05) is 84.9 Å². The van der Waals surface area contributed by atoms with Crippen LogP contribution in [0.4, 0.5) is 0 Å². The van der Waals surface area contributed by atoms with E-state index in [2.05, 4.69) is 159 Å². The van der Waals surface area contributed by atoms with E-state index in [4.69, 9.17) is 4.98 Å². The first-order valence-corrected chi connectivity index (χ1v) is 16.8. The molecule has 5 aromatic heterocycles. The van der Waals surface area contributed by atoms with Crippen LogP contribution in [0.3, 0.4) is 0 Å². The number of pyridine rings is 1. The highest BCUT2D eigenvalue weighted by Gasteiger charge is 2.24. The molecule has 12 aromatic rings. The van der Waals surface area contributed by atoms with Crippen LogP contribution in [0.1, 0.15) is 0 Å². The van der Waals surface area contributed by atoms with E-state index in [1.54, 1.807) is 0 Å².